The van der Waals surface area contributed by atoms with Crippen molar-refractivity contribution in [1.29, 1.82) is 5.41 Å². The Morgan fingerprint density at radius 1 is 1.50 bits per heavy atom. The lowest BCUT2D eigenvalue weighted by atomic mass is 9.76. The van der Waals surface area contributed by atoms with Crippen LogP contribution in [0, 0.1) is 10.8 Å². The maximum atomic E-state index is 7.22. The third kappa shape index (κ3) is 3.33. The van der Waals surface area contributed by atoms with Crippen LogP contribution >= 0.6 is 0 Å². The quantitative estimate of drug-likeness (QED) is 0.482. The van der Waals surface area contributed by atoms with Crippen molar-refractivity contribution in [1.82, 2.24) is 0 Å². The molecule has 1 atom stereocenters. The fourth-order valence-electron chi connectivity index (χ4n) is 1.46. The van der Waals surface area contributed by atoms with Gasteiger partial charge < -0.3 is 5.41 Å². The van der Waals surface area contributed by atoms with Gasteiger partial charge in [-0.15, -0.1) is 0 Å². The van der Waals surface area contributed by atoms with Crippen LogP contribution in [0.25, 0.3) is 0 Å². The largest absolute Gasteiger partial charge is 0.313 e. The van der Waals surface area contributed by atoms with E-state index >= 15 is 0 Å². The summed E-state index contributed by atoms with van der Waals surface area (Å²) in [5.74, 6) is 0. The molecule has 0 aliphatic carbocycles. The molecule has 1 heteroatoms. The molecule has 0 aromatic rings. The molecule has 0 aliphatic heterocycles. The first-order chi connectivity index (χ1) is 6.64. The summed E-state index contributed by atoms with van der Waals surface area (Å²) in [6.07, 6.45) is 11.3. The summed E-state index contributed by atoms with van der Waals surface area (Å²) in [7, 11) is 0. The molecule has 0 aromatic carbocycles. The van der Waals surface area contributed by atoms with E-state index < -0.39 is 0 Å². The molecule has 0 fully saturated rings. The van der Waals surface area contributed by atoms with Gasteiger partial charge in [0.1, 0.15) is 0 Å². The maximum Gasteiger partial charge on any atom is -0.00289 e. The average molecular weight is 191 g/mol. The minimum atomic E-state index is 0.0719. The van der Waals surface area contributed by atoms with Crippen LogP contribution in [0.3, 0.4) is 0 Å². The first-order valence-corrected chi connectivity index (χ1v) is 5.09. The van der Waals surface area contributed by atoms with Crippen molar-refractivity contribution in [2.75, 3.05) is 0 Å². The molecule has 0 bridgehead atoms. The van der Waals surface area contributed by atoms with E-state index in [0.29, 0.717) is 0 Å². The number of hydrogen-bond acceptors (Lipinski definition) is 1. The van der Waals surface area contributed by atoms with Gasteiger partial charge >= 0.3 is 0 Å². The van der Waals surface area contributed by atoms with Gasteiger partial charge in [0.2, 0.25) is 0 Å². The topological polar surface area (TPSA) is 23.9 Å². The summed E-state index contributed by atoms with van der Waals surface area (Å²) < 4.78 is 0. The molecule has 0 saturated heterocycles. The Labute approximate surface area is 87.7 Å². The molecule has 0 amide bonds. The lowest BCUT2D eigenvalue weighted by molar-refractivity contribution is 0.411. The molecule has 0 radical (unpaired) electrons. The van der Waals surface area contributed by atoms with E-state index in [1.807, 2.05) is 25.2 Å². The van der Waals surface area contributed by atoms with Gasteiger partial charge in [0, 0.05) is 0 Å². The van der Waals surface area contributed by atoms with Crippen LogP contribution < -0.4 is 0 Å². The zero-order valence-corrected chi connectivity index (χ0v) is 9.51. The maximum absolute atomic E-state index is 7.22. The SMILES string of the molecule is C=C/C=C(\C=C/C)C(C)(CC)CC=N. The second-order valence-electron chi connectivity index (χ2n) is 3.68. The summed E-state index contributed by atoms with van der Waals surface area (Å²) in [5.41, 5.74) is 1.32. The summed E-state index contributed by atoms with van der Waals surface area (Å²) in [6.45, 7) is 10.1. The Kier molecular flexibility index (Phi) is 5.86. The summed E-state index contributed by atoms with van der Waals surface area (Å²) >= 11 is 0. The standard InChI is InChI=1S/C13H21N/c1-5-8-12(9-6-2)13(4,7-3)10-11-14/h5-6,8-9,11,14H,1,7,10H2,2-4H3/b9-6-,12-8+,14-11?. The Bertz CT molecular complexity index is 248. The van der Waals surface area contributed by atoms with E-state index in [2.05, 4.69) is 26.5 Å². The lowest BCUT2D eigenvalue weighted by Gasteiger charge is -2.28. The average Bonchev–Trinajstić information content (AvgIpc) is 2.18. The van der Waals surface area contributed by atoms with Crippen molar-refractivity contribution in [3.05, 3.63) is 36.5 Å². The molecule has 1 nitrogen and oxygen atoms in total. The van der Waals surface area contributed by atoms with E-state index in [1.165, 1.54) is 11.8 Å². The van der Waals surface area contributed by atoms with Crippen molar-refractivity contribution in [2.45, 2.75) is 33.6 Å². The van der Waals surface area contributed by atoms with Crippen LogP contribution in [0.4, 0.5) is 0 Å². The van der Waals surface area contributed by atoms with Crippen molar-refractivity contribution < 1.29 is 0 Å². The van der Waals surface area contributed by atoms with Crippen LogP contribution in [-0.4, -0.2) is 6.21 Å². The molecule has 0 aliphatic rings. The highest BCUT2D eigenvalue weighted by Gasteiger charge is 2.23. The summed E-state index contributed by atoms with van der Waals surface area (Å²) in [6, 6.07) is 0. The minimum Gasteiger partial charge on any atom is -0.313 e. The molecule has 0 heterocycles. The predicted octanol–water partition coefficient (Wildman–Crippen LogP) is 4.13. The van der Waals surface area contributed by atoms with Gasteiger partial charge in [0.15, 0.2) is 0 Å². The molecule has 14 heavy (non-hydrogen) atoms. The minimum absolute atomic E-state index is 0.0719. The van der Waals surface area contributed by atoms with Gasteiger partial charge in [-0.3, -0.25) is 0 Å². The van der Waals surface area contributed by atoms with Crippen LogP contribution in [0.2, 0.25) is 0 Å². The van der Waals surface area contributed by atoms with Gasteiger partial charge in [-0.25, -0.2) is 0 Å². The highest BCUT2D eigenvalue weighted by molar-refractivity contribution is 5.56. The predicted molar refractivity (Wildman–Crippen MR) is 64.9 cm³/mol. The van der Waals surface area contributed by atoms with E-state index in [0.717, 1.165) is 12.8 Å². The van der Waals surface area contributed by atoms with Crippen molar-refractivity contribution in [3.8, 4) is 0 Å². The molecule has 0 spiro atoms. The molecule has 78 valence electrons. The molecule has 0 rings (SSSR count). The monoisotopic (exact) mass is 191 g/mol. The van der Waals surface area contributed by atoms with Crippen LogP contribution in [0.5, 0.6) is 0 Å². The van der Waals surface area contributed by atoms with Gasteiger partial charge in [0.05, 0.1) is 0 Å². The fourth-order valence-corrected chi connectivity index (χ4v) is 1.46. The van der Waals surface area contributed by atoms with Crippen molar-refractivity contribution in [2.24, 2.45) is 5.41 Å². The first-order valence-electron chi connectivity index (χ1n) is 5.09. The van der Waals surface area contributed by atoms with Crippen LogP contribution in [-0.2, 0) is 0 Å². The summed E-state index contributed by atoms with van der Waals surface area (Å²) in [5, 5.41) is 7.22. The molecule has 1 unspecified atom stereocenters. The van der Waals surface area contributed by atoms with Gasteiger partial charge in [-0.05, 0) is 37.0 Å². The molecule has 0 saturated carbocycles. The third-order valence-electron chi connectivity index (χ3n) is 2.67. The van der Waals surface area contributed by atoms with E-state index in [4.69, 9.17) is 5.41 Å². The Morgan fingerprint density at radius 3 is 2.50 bits per heavy atom. The number of nitrogens with one attached hydrogen (secondary N) is 1. The number of hydrogen-bond donors (Lipinski definition) is 1. The number of rotatable bonds is 6. The van der Waals surface area contributed by atoms with Crippen molar-refractivity contribution >= 4 is 6.21 Å². The van der Waals surface area contributed by atoms with Gasteiger partial charge in [-0.1, -0.05) is 44.7 Å². The Balaban J connectivity index is 5.01. The number of allylic oxidation sites excluding steroid dienone is 5. The second kappa shape index (κ2) is 6.36. The molecular weight excluding hydrogens is 170 g/mol. The summed E-state index contributed by atoms with van der Waals surface area (Å²) in [4.78, 5) is 0. The van der Waals surface area contributed by atoms with Gasteiger partial charge in [-0.2, -0.15) is 0 Å². The molecular formula is C13H21N. The molecule has 0 aromatic heterocycles. The van der Waals surface area contributed by atoms with E-state index in [1.54, 1.807) is 0 Å². The molecule has 1 N–H and O–H groups in total. The van der Waals surface area contributed by atoms with Crippen LogP contribution in [0.1, 0.15) is 33.6 Å². The van der Waals surface area contributed by atoms with Gasteiger partial charge in [0.25, 0.3) is 0 Å². The first kappa shape index (κ1) is 12.9. The zero-order valence-electron chi connectivity index (χ0n) is 9.51. The van der Waals surface area contributed by atoms with Crippen molar-refractivity contribution in [3.63, 3.8) is 0 Å². The smallest absolute Gasteiger partial charge is 0.00289 e. The zero-order chi connectivity index (χ0) is 11.0. The Hall–Kier alpha value is -1.11. The third-order valence-corrected chi connectivity index (χ3v) is 2.67. The normalized spacial score (nSPS) is 16.6. The Morgan fingerprint density at radius 2 is 2.14 bits per heavy atom. The van der Waals surface area contributed by atoms with Crippen LogP contribution in [0.15, 0.2) is 36.5 Å². The highest BCUT2D eigenvalue weighted by Crippen LogP contribution is 2.34. The lowest BCUT2D eigenvalue weighted by Crippen LogP contribution is -2.17. The second-order valence-corrected chi connectivity index (χ2v) is 3.68. The fraction of sp³-hybridized carbons (Fsp3) is 0.462. The van der Waals surface area contributed by atoms with E-state index in [-0.39, 0.29) is 5.41 Å². The van der Waals surface area contributed by atoms with E-state index in [9.17, 15) is 0 Å². The highest BCUT2D eigenvalue weighted by atomic mass is 14.4.